The summed E-state index contributed by atoms with van der Waals surface area (Å²) in [5.74, 6) is 0.0432. The molecule has 0 bridgehead atoms. The molecule has 0 rings (SSSR count). The van der Waals surface area contributed by atoms with Crippen molar-refractivity contribution in [3.05, 3.63) is 0 Å². The zero-order chi connectivity index (χ0) is 30.4. The van der Waals surface area contributed by atoms with E-state index in [1.54, 1.807) is 30.9 Å². The normalized spacial score (nSPS) is 11.4. The molecule has 0 aliphatic carbocycles. The van der Waals surface area contributed by atoms with Crippen molar-refractivity contribution in [2.24, 2.45) is 5.41 Å². The maximum Gasteiger partial charge on any atom is 0.248 e. The average Bonchev–Trinajstić information content (AvgIpc) is 2.90. The molecule has 0 N–H and O–H groups in total. The zero-order valence-electron chi connectivity index (χ0n) is 26.1. The summed E-state index contributed by atoms with van der Waals surface area (Å²) in [6.45, 7) is 11.2. The number of ether oxygens (including phenoxy) is 4. The van der Waals surface area contributed by atoms with Crippen molar-refractivity contribution in [2.45, 2.75) is 66.2 Å². The van der Waals surface area contributed by atoms with Gasteiger partial charge >= 0.3 is 0 Å². The maximum absolute atomic E-state index is 12.3. The molecule has 0 aromatic heterocycles. The predicted molar refractivity (Wildman–Crippen MR) is 154 cm³/mol. The molecule has 40 heavy (non-hydrogen) atoms. The van der Waals surface area contributed by atoms with Gasteiger partial charge in [-0.1, -0.05) is 40.5 Å². The highest BCUT2D eigenvalue weighted by Crippen LogP contribution is 2.14. The number of nitrogens with zero attached hydrogens (tertiary/aromatic N) is 3. The van der Waals surface area contributed by atoms with Gasteiger partial charge in [-0.3, -0.25) is 19.2 Å². The van der Waals surface area contributed by atoms with Crippen molar-refractivity contribution in [3.8, 4) is 0 Å². The van der Waals surface area contributed by atoms with Crippen molar-refractivity contribution in [1.29, 1.82) is 0 Å². The smallest absolute Gasteiger partial charge is 0.248 e. The summed E-state index contributed by atoms with van der Waals surface area (Å²) in [4.78, 5) is 53.1. The van der Waals surface area contributed by atoms with Crippen molar-refractivity contribution >= 4 is 23.5 Å². The van der Waals surface area contributed by atoms with Crippen LogP contribution < -0.4 is 0 Å². The number of hydrogen-bond acceptors (Lipinski definition) is 8. The molecule has 0 aliphatic rings. The van der Waals surface area contributed by atoms with E-state index in [9.17, 15) is 19.2 Å². The van der Waals surface area contributed by atoms with Crippen LogP contribution in [0.4, 0.5) is 0 Å². The number of ketones is 1. The van der Waals surface area contributed by atoms with E-state index in [2.05, 4.69) is 6.92 Å². The highest BCUT2D eigenvalue weighted by atomic mass is 16.5. The molecule has 0 unspecified atom stereocenters. The first-order chi connectivity index (χ1) is 18.9. The van der Waals surface area contributed by atoms with E-state index in [0.717, 1.165) is 19.3 Å². The lowest BCUT2D eigenvalue weighted by molar-refractivity contribution is -0.136. The second kappa shape index (κ2) is 22.6. The molecule has 11 heteroatoms. The third-order valence-electron chi connectivity index (χ3n) is 6.34. The Labute approximate surface area is 241 Å². The number of rotatable bonds is 24. The molecular weight excluding hydrogens is 518 g/mol. The summed E-state index contributed by atoms with van der Waals surface area (Å²) in [6, 6.07) is 0. The van der Waals surface area contributed by atoms with E-state index in [-0.39, 0.29) is 43.3 Å². The summed E-state index contributed by atoms with van der Waals surface area (Å²) in [5, 5.41) is 0. The average molecular weight is 574 g/mol. The van der Waals surface area contributed by atoms with Crippen LogP contribution in [0.2, 0.25) is 0 Å². The minimum absolute atomic E-state index is 0.0208. The van der Waals surface area contributed by atoms with Gasteiger partial charge in [0.15, 0.2) is 5.78 Å². The second-order valence-electron chi connectivity index (χ2n) is 11.0. The van der Waals surface area contributed by atoms with E-state index in [4.69, 9.17) is 18.9 Å². The Morgan fingerprint density at radius 3 is 1.52 bits per heavy atom. The van der Waals surface area contributed by atoms with Gasteiger partial charge in [0.2, 0.25) is 17.7 Å². The van der Waals surface area contributed by atoms with Gasteiger partial charge in [-0.25, -0.2) is 0 Å². The van der Waals surface area contributed by atoms with Crippen LogP contribution in [0.1, 0.15) is 66.2 Å². The number of carbonyl (C=O) groups excluding carboxylic acids is 4. The van der Waals surface area contributed by atoms with Crippen LogP contribution in [-0.2, 0) is 38.1 Å². The van der Waals surface area contributed by atoms with Gasteiger partial charge < -0.3 is 33.6 Å². The minimum Gasteiger partial charge on any atom is -0.377 e. The third kappa shape index (κ3) is 19.9. The molecule has 0 saturated heterocycles. The van der Waals surface area contributed by atoms with E-state index in [1.807, 2.05) is 20.8 Å². The molecule has 0 atom stereocenters. The lowest BCUT2D eigenvalue weighted by atomic mass is 9.91. The van der Waals surface area contributed by atoms with E-state index >= 15 is 0 Å². The number of hydrogen-bond donors (Lipinski definition) is 0. The SMILES string of the molecule is CCCCCC(=O)N(C)CCCC(=O)N(C)CCOCCOCC(=O)N(C)CCOCCOCC(=O)C(C)(C)C. The molecule has 0 saturated carbocycles. The molecule has 11 nitrogen and oxygen atoms in total. The Kier molecular flexibility index (Phi) is 21.4. The Hall–Kier alpha value is -2.08. The molecule has 0 aliphatic heterocycles. The Balaban J connectivity index is 3.73. The van der Waals surface area contributed by atoms with Crippen molar-refractivity contribution < 1.29 is 38.1 Å². The molecule has 234 valence electrons. The lowest BCUT2D eigenvalue weighted by Crippen LogP contribution is -2.34. The van der Waals surface area contributed by atoms with Gasteiger partial charge in [0, 0.05) is 59.0 Å². The number of Topliss-reactive ketones (excluding diaryl/α,β-unsaturated/α-hetero) is 1. The topological polar surface area (TPSA) is 115 Å². The van der Waals surface area contributed by atoms with Gasteiger partial charge in [-0.15, -0.1) is 0 Å². The number of carbonyl (C=O) groups is 4. The summed E-state index contributed by atoms with van der Waals surface area (Å²) >= 11 is 0. The molecule has 0 fully saturated rings. The van der Waals surface area contributed by atoms with Gasteiger partial charge in [-0.2, -0.15) is 0 Å². The lowest BCUT2D eigenvalue weighted by Gasteiger charge is -2.20. The van der Waals surface area contributed by atoms with E-state index < -0.39 is 5.41 Å². The third-order valence-corrected chi connectivity index (χ3v) is 6.34. The first kappa shape index (κ1) is 37.9. The molecule has 0 aromatic carbocycles. The molecule has 0 aromatic rings. The van der Waals surface area contributed by atoms with Gasteiger partial charge in [0.1, 0.15) is 13.2 Å². The van der Waals surface area contributed by atoms with Crippen molar-refractivity contribution in [3.63, 3.8) is 0 Å². The Bertz CT molecular complexity index is 727. The van der Waals surface area contributed by atoms with Crippen molar-refractivity contribution in [1.82, 2.24) is 14.7 Å². The fraction of sp³-hybridized carbons (Fsp3) is 0.862. The van der Waals surface area contributed by atoms with E-state index in [1.165, 1.54) is 4.90 Å². The van der Waals surface area contributed by atoms with Crippen molar-refractivity contribution in [2.75, 3.05) is 93.6 Å². The van der Waals surface area contributed by atoms with Crippen LogP contribution in [0.5, 0.6) is 0 Å². The second-order valence-corrected chi connectivity index (χ2v) is 11.0. The highest BCUT2D eigenvalue weighted by Gasteiger charge is 2.20. The Morgan fingerprint density at radius 1 is 0.550 bits per heavy atom. The number of likely N-dealkylation sites (N-methyl/N-ethyl adjacent to an activating group) is 2. The van der Waals surface area contributed by atoms with Crippen LogP contribution in [-0.4, -0.2) is 132 Å². The van der Waals surface area contributed by atoms with Crippen LogP contribution in [0.3, 0.4) is 0 Å². The van der Waals surface area contributed by atoms with Crippen LogP contribution in [0, 0.1) is 5.41 Å². The molecular formula is C29H55N3O8. The zero-order valence-corrected chi connectivity index (χ0v) is 26.1. The van der Waals surface area contributed by atoms with Crippen LogP contribution in [0.15, 0.2) is 0 Å². The summed E-state index contributed by atoms with van der Waals surface area (Å²) in [6.07, 6.45) is 4.65. The van der Waals surface area contributed by atoms with Gasteiger partial charge in [0.05, 0.1) is 39.6 Å². The highest BCUT2D eigenvalue weighted by molar-refractivity contribution is 5.84. The fourth-order valence-electron chi connectivity index (χ4n) is 3.24. The molecule has 3 amide bonds. The molecule has 0 spiro atoms. The standard InChI is InChI=1S/C29H55N3O8/c1-8-9-10-12-26(34)30(5)14-11-13-27(35)31(6)15-17-37-20-22-40-24-28(36)32(7)16-18-38-19-21-39-23-25(33)29(2,3)4/h8-24H2,1-7H3. The number of amides is 3. The summed E-state index contributed by atoms with van der Waals surface area (Å²) in [7, 11) is 5.21. The predicted octanol–water partition coefficient (Wildman–Crippen LogP) is 2.40. The number of unbranched alkanes of at least 4 members (excludes halogenated alkanes) is 2. The summed E-state index contributed by atoms with van der Waals surface area (Å²) in [5.41, 5.74) is -0.412. The Morgan fingerprint density at radius 2 is 1.00 bits per heavy atom. The van der Waals surface area contributed by atoms with Crippen LogP contribution >= 0.6 is 0 Å². The monoisotopic (exact) mass is 573 g/mol. The maximum atomic E-state index is 12.3. The van der Waals surface area contributed by atoms with Gasteiger partial charge in [0.25, 0.3) is 0 Å². The van der Waals surface area contributed by atoms with E-state index in [0.29, 0.717) is 71.9 Å². The van der Waals surface area contributed by atoms with Gasteiger partial charge in [-0.05, 0) is 12.8 Å². The molecule has 0 radical (unpaired) electrons. The molecule has 0 heterocycles. The quantitative estimate of drug-likeness (QED) is 0.162. The fourth-order valence-corrected chi connectivity index (χ4v) is 3.24. The van der Waals surface area contributed by atoms with Crippen LogP contribution in [0.25, 0.3) is 0 Å². The largest absolute Gasteiger partial charge is 0.377 e. The first-order valence-corrected chi connectivity index (χ1v) is 14.5. The summed E-state index contributed by atoms with van der Waals surface area (Å²) < 4.78 is 21.7. The first-order valence-electron chi connectivity index (χ1n) is 14.5. The minimum atomic E-state index is -0.412.